The molecule has 0 heterocycles. The number of hydrogen-bond acceptors (Lipinski definition) is 2. The zero-order valence-electron chi connectivity index (χ0n) is 13.7. The van der Waals surface area contributed by atoms with E-state index >= 15 is 0 Å². The summed E-state index contributed by atoms with van der Waals surface area (Å²) in [4.78, 5) is 26.7. The summed E-state index contributed by atoms with van der Waals surface area (Å²) in [5.41, 5.74) is 2.95. The van der Waals surface area contributed by atoms with E-state index in [0.29, 0.717) is 11.3 Å². The van der Waals surface area contributed by atoms with Crippen molar-refractivity contribution in [1.82, 2.24) is 0 Å². The lowest BCUT2D eigenvalue weighted by molar-refractivity contribution is -0.119. The van der Waals surface area contributed by atoms with E-state index < -0.39 is 0 Å². The SMILES string of the molecule is Cc1cc(I)ccc1NC(=O)c1ccccc1N(C)C(=O)C1CC1. The van der Waals surface area contributed by atoms with Gasteiger partial charge in [-0.1, -0.05) is 12.1 Å². The van der Waals surface area contributed by atoms with Gasteiger partial charge in [-0.25, -0.2) is 0 Å². The van der Waals surface area contributed by atoms with E-state index in [0.717, 1.165) is 27.7 Å². The highest BCUT2D eigenvalue weighted by atomic mass is 127. The van der Waals surface area contributed by atoms with Gasteiger partial charge >= 0.3 is 0 Å². The quantitative estimate of drug-likeness (QED) is 0.733. The van der Waals surface area contributed by atoms with E-state index in [1.165, 1.54) is 0 Å². The predicted molar refractivity (Wildman–Crippen MR) is 104 cm³/mol. The van der Waals surface area contributed by atoms with Crippen molar-refractivity contribution in [3.8, 4) is 0 Å². The average molecular weight is 434 g/mol. The molecule has 1 N–H and O–H groups in total. The number of rotatable bonds is 4. The molecular weight excluding hydrogens is 415 g/mol. The van der Waals surface area contributed by atoms with Gasteiger partial charge in [-0.2, -0.15) is 0 Å². The molecule has 2 aromatic carbocycles. The van der Waals surface area contributed by atoms with Gasteiger partial charge < -0.3 is 10.2 Å². The lowest BCUT2D eigenvalue weighted by atomic mass is 10.1. The van der Waals surface area contributed by atoms with E-state index in [9.17, 15) is 9.59 Å². The van der Waals surface area contributed by atoms with Gasteiger partial charge in [0.15, 0.2) is 0 Å². The molecule has 124 valence electrons. The Morgan fingerprint density at radius 2 is 1.88 bits per heavy atom. The maximum atomic E-state index is 12.7. The number of para-hydroxylation sites is 1. The van der Waals surface area contributed by atoms with Gasteiger partial charge in [0.05, 0.1) is 11.3 Å². The highest BCUT2D eigenvalue weighted by Crippen LogP contribution is 2.33. The summed E-state index contributed by atoms with van der Waals surface area (Å²) < 4.78 is 1.12. The molecule has 1 aliphatic rings. The Bertz CT molecular complexity index is 800. The minimum Gasteiger partial charge on any atom is -0.322 e. The van der Waals surface area contributed by atoms with Crippen LogP contribution in [0, 0.1) is 16.4 Å². The van der Waals surface area contributed by atoms with Gasteiger partial charge in [-0.3, -0.25) is 9.59 Å². The zero-order valence-corrected chi connectivity index (χ0v) is 15.8. The maximum absolute atomic E-state index is 12.7. The predicted octanol–water partition coefficient (Wildman–Crippen LogP) is 4.22. The van der Waals surface area contributed by atoms with Crippen LogP contribution in [0.2, 0.25) is 0 Å². The van der Waals surface area contributed by atoms with Crippen LogP contribution < -0.4 is 10.2 Å². The van der Waals surface area contributed by atoms with E-state index in [2.05, 4.69) is 27.9 Å². The van der Waals surface area contributed by atoms with Crippen LogP contribution in [0.1, 0.15) is 28.8 Å². The number of nitrogens with one attached hydrogen (secondary N) is 1. The van der Waals surface area contributed by atoms with Crippen LogP contribution >= 0.6 is 22.6 Å². The van der Waals surface area contributed by atoms with Crippen LogP contribution in [0.15, 0.2) is 42.5 Å². The van der Waals surface area contributed by atoms with E-state index in [1.54, 1.807) is 18.0 Å². The fraction of sp³-hybridized carbons (Fsp3) is 0.263. The van der Waals surface area contributed by atoms with Crippen LogP contribution in [0.4, 0.5) is 11.4 Å². The molecular formula is C19H19IN2O2. The Hall–Kier alpha value is -1.89. The third kappa shape index (κ3) is 3.61. The molecule has 3 rings (SSSR count). The molecule has 24 heavy (non-hydrogen) atoms. The summed E-state index contributed by atoms with van der Waals surface area (Å²) in [6.45, 7) is 1.96. The lowest BCUT2D eigenvalue weighted by Gasteiger charge is -2.20. The van der Waals surface area contributed by atoms with E-state index in [4.69, 9.17) is 0 Å². The Balaban J connectivity index is 1.85. The van der Waals surface area contributed by atoms with Crippen molar-refractivity contribution in [3.05, 3.63) is 57.2 Å². The Kier molecular flexibility index (Phi) is 4.89. The van der Waals surface area contributed by atoms with Crippen LogP contribution in [-0.2, 0) is 4.79 Å². The first-order valence-corrected chi connectivity index (χ1v) is 8.99. The second-order valence-corrected chi connectivity index (χ2v) is 7.35. The second-order valence-electron chi connectivity index (χ2n) is 6.10. The molecule has 0 aromatic heterocycles. The summed E-state index contributed by atoms with van der Waals surface area (Å²) in [6.07, 6.45) is 1.89. The second kappa shape index (κ2) is 6.93. The molecule has 0 bridgehead atoms. The Labute approximate surface area is 155 Å². The maximum Gasteiger partial charge on any atom is 0.257 e. The number of amides is 2. The zero-order chi connectivity index (χ0) is 17.3. The number of halogens is 1. The largest absolute Gasteiger partial charge is 0.322 e. The molecule has 0 aliphatic heterocycles. The monoisotopic (exact) mass is 434 g/mol. The van der Waals surface area contributed by atoms with Crippen LogP contribution in [0.25, 0.3) is 0 Å². The summed E-state index contributed by atoms with van der Waals surface area (Å²) in [7, 11) is 1.74. The smallest absolute Gasteiger partial charge is 0.257 e. The van der Waals surface area contributed by atoms with Crippen molar-refractivity contribution in [1.29, 1.82) is 0 Å². The molecule has 0 spiro atoms. The number of nitrogens with zero attached hydrogens (tertiary/aromatic N) is 1. The molecule has 2 amide bonds. The first-order valence-electron chi connectivity index (χ1n) is 7.91. The van der Waals surface area contributed by atoms with Gasteiger partial charge in [-0.05, 0) is 78.3 Å². The first-order chi connectivity index (χ1) is 11.5. The fourth-order valence-corrected chi connectivity index (χ4v) is 3.28. The summed E-state index contributed by atoms with van der Waals surface area (Å²) in [6, 6.07) is 13.1. The van der Waals surface area contributed by atoms with Gasteiger partial charge in [0.25, 0.3) is 5.91 Å². The molecule has 1 fully saturated rings. The number of benzene rings is 2. The minimum atomic E-state index is -0.203. The number of carbonyl (C=O) groups excluding carboxylic acids is 2. The van der Waals surface area contributed by atoms with Crippen molar-refractivity contribution in [2.45, 2.75) is 19.8 Å². The Morgan fingerprint density at radius 1 is 1.17 bits per heavy atom. The molecule has 0 atom stereocenters. The third-order valence-electron chi connectivity index (χ3n) is 4.20. The van der Waals surface area contributed by atoms with Crippen LogP contribution in [0.3, 0.4) is 0 Å². The standard InChI is InChI=1S/C19H19IN2O2/c1-12-11-14(20)9-10-16(12)21-18(23)15-5-3-4-6-17(15)22(2)19(24)13-7-8-13/h3-6,9-11,13H,7-8H2,1-2H3,(H,21,23). The highest BCUT2D eigenvalue weighted by molar-refractivity contribution is 14.1. The van der Waals surface area contributed by atoms with Gasteiger partial charge in [0.1, 0.15) is 0 Å². The lowest BCUT2D eigenvalue weighted by Crippen LogP contribution is -2.30. The number of anilines is 2. The molecule has 1 saturated carbocycles. The molecule has 0 saturated heterocycles. The van der Waals surface area contributed by atoms with Gasteiger partial charge in [0.2, 0.25) is 5.91 Å². The molecule has 2 aromatic rings. The van der Waals surface area contributed by atoms with E-state index in [-0.39, 0.29) is 17.7 Å². The first kappa shape index (κ1) is 17.0. The third-order valence-corrected chi connectivity index (χ3v) is 4.87. The van der Waals surface area contributed by atoms with Crippen LogP contribution in [0.5, 0.6) is 0 Å². The fourth-order valence-electron chi connectivity index (χ4n) is 2.64. The van der Waals surface area contributed by atoms with Crippen molar-refractivity contribution >= 4 is 45.8 Å². The summed E-state index contributed by atoms with van der Waals surface area (Å²) >= 11 is 2.24. The summed E-state index contributed by atoms with van der Waals surface area (Å²) in [5.74, 6) is -0.00406. The summed E-state index contributed by atoms with van der Waals surface area (Å²) in [5, 5.41) is 2.95. The topological polar surface area (TPSA) is 49.4 Å². The molecule has 1 aliphatic carbocycles. The minimum absolute atomic E-state index is 0.0840. The van der Waals surface area contributed by atoms with Crippen molar-refractivity contribution in [2.75, 3.05) is 17.3 Å². The van der Waals surface area contributed by atoms with Crippen molar-refractivity contribution in [2.24, 2.45) is 5.92 Å². The number of aryl methyl sites for hydroxylation is 1. The number of hydrogen-bond donors (Lipinski definition) is 1. The molecule has 0 radical (unpaired) electrons. The Morgan fingerprint density at radius 3 is 2.54 bits per heavy atom. The van der Waals surface area contributed by atoms with Crippen molar-refractivity contribution < 1.29 is 9.59 Å². The van der Waals surface area contributed by atoms with Gasteiger partial charge in [-0.15, -0.1) is 0 Å². The normalized spacial score (nSPS) is 13.5. The van der Waals surface area contributed by atoms with E-state index in [1.807, 2.05) is 43.3 Å². The van der Waals surface area contributed by atoms with Gasteiger partial charge in [0, 0.05) is 22.2 Å². The average Bonchev–Trinajstić information content (AvgIpc) is 3.41. The molecule has 5 heteroatoms. The molecule has 4 nitrogen and oxygen atoms in total. The highest BCUT2D eigenvalue weighted by Gasteiger charge is 2.33. The van der Waals surface area contributed by atoms with Crippen LogP contribution in [-0.4, -0.2) is 18.9 Å². The number of carbonyl (C=O) groups is 2. The molecule has 0 unspecified atom stereocenters. The van der Waals surface area contributed by atoms with Crippen molar-refractivity contribution in [3.63, 3.8) is 0 Å².